The molecule has 48 valence electrons. The Hall–Kier alpha value is -1.21. The minimum absolute atomic E-state index is 0.0158. The zero-order chi connectivity index (χ0) is 7.11. The second-order valence-electron chi connectivity index (χ2n) is 1.45. The van der Waals surface area contributed by atoms with E-state index in [-0.39, 0.29) is 18.4 Å². The lowest BCUT2D eigenvalue weighted by Crippen LogP contribution is -1.86. The molecular weight excluding hydrogens is 120 g/mol. The Morgan fingerprint density at radius 2 is 2.11 bits per heavy atom. The van der Waals surface area contributed by atoms with Gasteiger partial charge in [0.1, 0.15) is 12.2 Å². The van der Waals surface area contributed by atoms with E-state index in [0.29, 0.717) is 12.6 Å². The molecule has 0 heterocycles. The summed E-state index contributed by atoms with van der Waals surface area (Å²) in [5, 5.41) is 0. The highest BCUT2D eigenvalue weighted by atomic mass is 16.1. The first kappa shape index (κ1) is 7.79. The van der Waals surface area contributed by atoms with Crippen molar-refractivity contribution in [3.05, 3.63) is 5.57 Å². The molecule has 0 aromatic rings. The average Bonchev–Trinajstić information content (AvgIpc) is 1.91. The van der Waals surface area contributed by atoms with Gasteiger partial charge in [0.15, 0.2) is 6.29 Å². The summed E-state index contributed by atoms with van der Waals surface area (Å²) in [7, 11) is 0. The summed E-state index contributed by atoms with van der Waals surface area (Å²) in [6, 6.07) is 0. The van der Waals surface area contributed by atoms with Gasteiger partial charge in [0.05, 0.1) is 5.57 Å². The van der Waals surface area contributed by atoms with Crippen LogP contribution in [-0.2, 0) is 14.4 Å². The van der Waals surface area contributed by atoms with Gasteiger partial charge in [-0.1, -0.05) is 0 Å². The topological polar surface area (TPSA) is 51.2 Å². The van der Waals surface area contributed by atoms with Crippen LogP contribution in [0.1, 0.15) is 12.8 Å². The Morgan fingerprint density at radius 1 is 1.44 bits per heavy atom. The molecule has 0 amide bonds. The van der Waals surface area contributed by atoms with Crippen molar-refractivity contribution in [3.8, 4) is 0 Å². The van der Waals surface area contributed by atoms with Gasteiger partial charge in [0.2, 0.25) is 0 Å². The fourth-order valence-corrected chi connectivity index (χ4v) is 0.348. The molecule has 0 bridgehead atoms. The highest BCUT2D eigenvalue weighted by Crippen LogP contribution is 1.93. The van der Waals surface area contributed by atoms with Gasteiger partial charge in [-0.3, -0.25) is 4.79 Å². The van der Waals surface area contributed by atoms with Gasteiger partial charge in [0, 0.05) is 6.42 Å². The molecule has 0 saturated heterocycles. The molecule has 0 spiro atoms. The lowest BCUT2D eigenvalue weighted by atomic mass is 10.2. The summed E-state index contributed by atoms with van der Waals surface area (Å²) >= 11 is 0. The Morgan fingerprint density at radius 3 is 2.44 bits per heavy atom. The van der Waals surface area contributed by atoms with E-state index in [2.05, 4.69) is 0 Å². The maximum atomic E-state index is 9.83. The van der Waals surface area contributed by atoms with E-state index in [0.717, 1.165) is 0 Å². The van der Waals surface area contributed by atoms with E-state index < -0.39 is 0 Å². The van der Waals surface area contributed by atoms with Crippen molar-refractivity contribution in [2.75, 3.05) is 0 Å². The fourth-order valence-electron chi connectivity index (χ4n) is 0.348. The van der Waals surface area contributed by atoms with Crippen molar-refractivity contribution in [1.82, 2.24) is 0 Å². The van der Waals surface area contributed by atoms with Crippen molar-refractivity contribution in [1.29, 1.82) is 0 Å². The van der Waals surface area contributed by atoms with E-state index in [1.165, 1.54) is 5.94 Å². The molecule has 0 N–H and O–H groups in total. The number of allylic oxidation sites excluding steroid dienone is 1. The van der Waals surface area contributed by atoms with Crippen LogP contribution in [0.5, 0.6) is 0 Å². The smallest absolute Gasteiger partial charge is 0.157 e. The third kappa shape index (κ3) is 3.38. The molecule has 0 unspecified atom stereocenters. The number of carbonyl (C=O) groups excluding carboxylic acids is 3. The molecule has 0 fully saturated rings. The number of carbonyl (C=O) groups is 2. The molecule has 0 rings (SSSR count). The Kier molecular flexibility index (Phi) is 4.27. The minimum Gasteiger partial charge on any atom is -0.303 e. The van der Waals surface area contributed by atoms with E-state index >= 15 is 0 Å². The molecule has 9 heavy (non-hydrogen) atoms. The third-order valence-electron chi connectivity index (χ3n) is 0.805. The fraction of sp³-hybridized carbons (Fsp3) is 0.333. The lowest BCUT2D eigenvalue weighted by Gasteiger charge is -1.83. The number of aldehydes is 2. The summed E-state index contributed by atoms with van der Waals surface area (Å²) in [5.41, 5.74) is 0.0158. The Bertz CT molecular complexity index is 154. The van der Waals surface area contributed by atoms with Crippen molar-refractivity contribution < 1.29 is 14.4 Å². The molecule has 0 aromatic heterocycles. The highest BCUT2D eigenvalue weighted by Gasteiger charge is 1.92. The van der Waals surface area contributed by atoms with Gasteiger partial charge in [-0.2, -0.15) is 0 Å². The first-order valence-electron chi connectivity index (χ1n) is 2.48. The molecule has 0 atom stereocenters. The van der Waals surface area contributed by atoms with Crippen LogP contribution in [0.4, 0.5) is 0 Å². The number of hydrogen-bond acceptors (Lipinski definition) is 3. The quantitative estimate of drug-likeness (QED) is 0.301. The molecule has 0 radical (unpaired) electrons. The standard InChI is InChI=1S/C6H6O3/c7-3-1-2-6(4-8)5-9/h3-4H,1-2H2. The van der Waals surface area contributed by atoms with Crippen molar-refractivity contribution in [3.63, 3.8) is 0 Å². The van der Waals surface area contributed by atoms with Crippen LogP contribution < -0.4 is 0 Å². The van der Waals surface area contributed by atoms with E-state index in [9.17, 15) is 14.4 Å². The Labute approximate surface area is 52.4 Å². The van der Waals surface area contributed by atoms with Gasteiger partial charge in [0.25, 0.3) is 0 Å². The van der Waals surface area contributed by atoms with Crippen LogP contribution in [0, 0.1) is 0 Å². The molecule has 0 aliphatic heterocycles. The second-order valence-corrected chi connectivity index (χ2v) is 1.45. The van der Waals surface area contributed by atoms with Crippen LogP contribution in [0.2, 0.25) is 0 Å². The van der Waals surface area contributed by atoms with Crippen LogP contribution in [0.25, 0.3) is 0 Å². The largest absolute Gasteiger partial charge is 0.303 e. The van der Waals surface area contributed by atoms with E-state index in [1.807, 2.05) is 0 Å². The molecule has 3 heteroatoms. The number of rotatable bonds is 4. The Balaban J connectivity index is 3.71. The average molecular weight is 126 g/mol. The molecule has 0 aromatic carbocycles. The summed E-state index contributed by atoms with van der Waals surface area (Å²) in [5.74, 6) is 1.43. The minimum atomic E-state index is 0.0158. The van der Waals surface area contributed by atoms with Crippen LogP contribution >= 0.6 is 0 Å². The van der Waals surface area contributed by atoms with Crippen molar-refractivity contribution >= 4 is 18.5 Å². The lowest BCUT2D eigenvalue weighted by molar-refractivity contribution is -0.107. The van der Waals surface area contributed by atoms with Gasteiger partial charge in [-0.05, 0) is 6.42 Å². The molecule has 0 saturated carbocycles. The summed E-state index contributed by atoms with van der Waals surface area (Å²) < 4.78 is 0. The maximum Gasteiger partial charge on any atom is 0.157 e. The van der Waals surface area contributed by atoms with Crippen molar-refractivity contribution in [2.24, 2.45) is 0 Å². The van der Waals surface area contributed by atoms with Gasteiger partial charge >= 0.3 is 0 Å². The maximum absolute atomic E-state index is 9.83. The summed E-state index contributed by atoms with van der Waals surface area (Å²) in [6.45, 7) is 0. The molecule has 0 aliphatic carbocycles. The zero-order valence-corrected chi connectivity index (χ0v) is 4.79. The zero-order valence-electron chi connectivity index (χ0n) is 4.79. The summed E-state index contributed by atoms with van der Waals surface area (Å²) in [4.78, 5) is 29.2. The van der Waals surface area contributed by atoms with Crippen molar-refractivity contribution in [2.45, 2.75) is 12.8 Å². The van der Waals surface area contributed by atoms with Crippen LogP contribution in [-0.4, -0.2) is 18.5 Å². The SMILES string of the molecule is O=C=C(C=O)CCC=O. The third-order valence-corrected chi connectivity index (χ3v) is 0.805. The predicted octanol–water partition coefficient (Wildman–Crippen LogP) is -0.0776. The predicted molar refractivity (Wildman–Crippen MR) is 30.6 cm³/mol. The first-order valence-corrected chi connectivity index (χ1v) is 2.48. The molecule has 3 nitrogen and oxygen atoms in total. The van der Waals surface area contributed by atoms with Gasteiger partial charge in [-0.25, -0.2) is 4.79 Å². The first-order chi connectivity index (χ1) is 4.35. The highest BCUT2D eigenvalue weighted by molar-refractivity contribution is 5.85. The summed E-state index contributed by atoms with van der Waals surface area (Å²) in [6.07, 6.45) is 1.48. The number of hydrogen-bond donors (Lipinski definition) is 0. The van der Waals surface area contributed by atoms with Crippen LogP contribution in [0.3, 0.4) is 0 Å². The normalized spacial score (nSPS) is 7.56. The van der Waals surface area contributed by atoms with Gasteiger partial charge in [-0.15, -0.1) is 0 Å². The van der Waals surface area contributed by atoms with Crippen LogP contribution in [0.15, 0.2) is 5.57 Å². The monoisotopic (exact) mass is 126 g/mol. The van der Waals surface area contributed by atoms with E-state index in [1.54, 1.807) is 0 Å². The molecule has 0 aliphatic rings. The second kappa shape index (κ2) is 4.94. The van der Waals surface area contributed by atoms with E-state index in [4.69, 9.17) is 0 Å². The molecular formula is C6H6O3. The van der Waals surface area contributed by atoms with Gasteiger partial charge < -0.3 is 4.79 Å².